The van der Waals surface area contributed by atoms with E-state index in [0.717, 1.165) is 0 Å². The summed E-state index contributed by atoms with van der Waals surface area (Å²) in [7, 11) is 0. The summed E-state index contributed by atoms with van der Waals surface area (Å²) >= 11 is 0. The van der Waals surface area contributed by atoms with E-state index in [4.69, 9.17) is 0 Å². The Morgan fingerprint density at radius 2 is 0.571 bits per heavy atom. The second-order valence-corrected chi connectivity index (χ2v) is 0.707. The molecule has 0 aliphatic rings. The molecular weight excluding hydrogens is 355 g/mol. The molecule has 14 heavy (non-hydrogen) atoms. The molecule has 0 aliphatic carbocycles. The Hall–Kier alpha value is 0.608. The van der Waals surface area contributed by atoms with E-state index in [2.05, 4.69) is 13.8 Å². The first-order chi connectivity index (χ1) is 3.41. The van der Waals surface area contributed by atoms with Gasteiger partial charge in [0.25, 0.3) is 0 Å². The number of hydrogen-bond acceptors (Lipinski definition) is 2. The second-order valence-electron chi connectivity index (χ2n) is 0.707. The zero-order valence-corrected chi connectivity index (χ0v) is 14.7. The van der Waals surface area contributed by atoms with Crippen molar-refractivity contribution in [2.24, 2.45) is 0 Å². The number of hydrogen-bond donors (Lipinski definition) is 2. The molecule has 0 atom stereocenters. The fraction of sp³-hybridized carbons (Fsp3) is 0.636. The Morgan fingerprint density at radius 1 is 0.571 bits per heavy atom. The molecule has 6 N–H and O–H groups in total. The summed E-state index contributed by atoms with van der Waals surface area (Å²) < 4.78 is 0. The Balaban J connectivity index is -0.00000000174. The van der Waals surface area contributed by atoms with Crippen molar-refractivity contribution in [3.8, 4) is 0 Å². The largest absolute Gasteiger partial charge is 4.00 e. The van der Waals surface area contributed by atoms with Gasteiger partial charge in [-0.25, -0.2) is 0 Å². The van der Waals surface area contributed by atoms with Crippen LogP contribution in [0.25, 0.3) is 0 Å². The van der Waals surface area contributed by atoms with E-state index in [0.29, 0.717) is 0 Å². The van der Waals surface area contributed by atoms with Crippen molar-refractivity contribution < 1.29 is 21.1 Å². The second kappa shape index (κ2) is 836. The minimum absolute atomic E-state index is 0. The van der Waals surface area contributed by atoms with Crippen molar-refractivity contribution in [2.45, 2.75) is 48.0 Å². The maximum Gasteiger partial charge on any atom is 4.00 e. The van der Waals surface area contributed by atoms with E-state index < -0.39 is 0 Å². The normalized spacial score (nSPS) is 2.14. The van der Waals surface area contributed by atoms with E-state index in [1.54, 1.807) is 0 Å². The Morgan fingerprint density at radius 3 is 0.571 bits per heavy atom. The number of rotatable bonds is 0. The fourth-order valence-corrected chi connectivity index (χ4v) is 0. The molecule has 0 aromatic carbocycles. The predicted octanol–water partition coefficient (Wildman–Crippen LogP) is 5.59. The van der Waals surface area contributed by atoms with Crippen LogP contribution in [0.2, 0.25) is 0 Å². The van der Waals surface area contributed by atoms with Crippen molar-refractivity contribution in [3.05, 3.63) is 29.7 Å². The van der Waals surface area contributed by atoms with Gasteiger partial charge in [0.05, 0.1) is 0 Å². The van der Waals surface area contributed by atoms with Crippen LogP contribution in [0.15, 0.2) is 0 Å². The molecule has 0 heterocycles. The van der Waals surface area contributed by atoms with Crippen molar-refractivity contribution >= 4 is 0 Å². The first-order valence-electron chi connectivity index (χ1n) is 3.41. The third-order valence-electron chi connectivity index (χ3n) is 0. The molecule has 0 radical (unpaired) electrons. The summed E-state index contributed by atoms with van der Waals surface area (Å²) in [6, 6.07) is 0. The molecule has 0 spiro atoms. The van der Waals surface area contributed by atoms with Gasteiger partial charge >= 0.3 is 21.1 Å². The van der Waals surface area contributed by atoms with Crippen molar-refractivity contribution in [1.82, 2.24) is 12.3 Å². The third-order valence-corrected chi connectivity index (χ3v) is 0. The van der Waals surface area contributed by atoms with Gasteiger partial charge in [0.2, 0.25) is 0 Å². The van der Waals surface area contributed by atoms with Gasteiger partial charge in [0.15, 0.2) is 0 Å². The van der Waals surface area contributed by atoms with Gasteiger partial charge in [-0.15, -0.1) is 0 Å². The maximum atomic E-state index is 2.12. The van der Waals surface area contributed by atoms with Crippen LogP contribution >= 0.6 is 0 Å². The molecule has 0 saturated carbocycles. The zero-order chi connectivity index (χ0) is 6.71. The fourth-order valence-electron chi connectivity index (χ4n) is 0. The minimum atomic E-state index is 0. The standard InChI is InChI=1S/C3H8.2C2H6.4CH3.2H3N.Pt/c1-3-2;2*1-2;;;;;;;/h3H2,1-2H3;2*1-2H3;6*1H3;/q;;;4*-1;;;+4. The summed E-state index contributed by atoms with van der Waals surface area (Å²) in [4.78, 5) is 0. The first-order valence-corrected chi connectivity index (χ1v) is 3.41. The van der Waals surface area contributed by atoms with Crippen LogP contribution in [0.4, 0.5) is 0 Å². The van der Waals surface area contributed by atoms with Crippen LogP contribution in [0, 0.1) is 29.7 Å². The van der Waals surface area contributed by atoms with Crippen LogP contribution in [-0.4, -0.2) is 0 Å². The molecule has 102 valence electrons. The minimum Gasteiger partial charge on any atom is -0.358 e. The summed E-state index contributed by atoms with van der Waals surface area (Å²) in [5.41, 5.74) is 0. The van der Waals surface area contributed by atoms with E-state index in [1.807, 2.05) is 27.7 Å². The average Bonchev–Trinajstić information content (AvgIpc) is 1.78. The quantitative estimate of drug-likeness (QED) is 0.527. The monoisotopic (exact) mass is 393 g/mol. The molecule has 0 saturated heterocycles. The molecule has 2 nitrogen and oxygen atoms in total. The van der Waals surface area contributed by atoms with Gasteiger partial charge < -0.3 is 42.0 Å². The molecule has 0 aromatic heterocycles. The molecule has 3 heteroatoms. The first kappa shape index (κ1) is 127. The van der Waals surface area contributed by atoms with Crippen LogP contribution in [0.5, 0.6) is 0 Å². The van der Waals surface area contributed by atoms with Crippen molar-refractivity contribution in [3.63, 3.8) is 0 Å². The summed E-state index contributed by atoms with van der Waals surface area (Å²) in [5, 5.41) is 0. The van der Waals surface area contributed by atoms with Gasteiger partial charge in [0.1, 0.15) is 0 Å². The van der Waals surface area contributed by atoms with E-state index >= 15 is 0 Å². The summed E-state index contributed by atoms with van der Waals surface area (Å²) in [5.74, 6) is 0. The van der Waals surface area contributed by atoms with Gasteiger partial charge in [-0.1, -0.05) is 48.0 Å². The van der Waals surface area contributed by atoms with Crippen molar-refractivity contribution in [1.29, 1.82) is 0 Å². The van der Waals surface area contributed by atoms with E-state index in [1.165, 1.54) is 6.42 Å². The molecule has 0 amide bonds. The summed E-state index contributed by atoms with van der Waals surface area (Å²) in [6.07, 6.45) is 1.25. The smallest absolute Gasteiger partial charge is 0.358 e. The van der Waals surface area contributed by atoms with Gasteiger partial charge in [0, 0.05) is 0 Å². The van der Waals surface area contributed by atoms with Gasteiger partial charge in [-0.05, 0) is 0 Å². The molecule has 0 bridgehead atoms. The maximum absolute atomic E-state index is 2.12. The van der Waals surface area contributed by atoms with E-state index in [-0.39, 0.29) is 63.1 Å². The van der Waals surface area contributed by atoms with Crippen LogP contribution < -0.4 is 12.3 Å². The van der Waals surface area contributed by atoms with Gasteiger partial charge in [-0.2, -0.15) is 0 Å². The predicted molar refractivity (Wildman–Crippen MR) is 74.4 cm³/mol. The zero-order valence-electron chi connectivity index (χ0n) is 12.4. The summed E-state index contributed by atoms with van der Waals surface area (Å²) in [6.45, 7) is 12.2. The molecule has 0 unspecified atom stereocenters. The molecule has 0 rings (SSSR count). The Kier molecular flexibility index (Phi) is 7610. The molecule has 0 fully saturated rings. The van der Waals surface area contributed by atoms with Gasteiger partial charge in [-0.3, -0.25) is 0 Å². The Bertz CT molecular complexity index is 13.2. The SMILES string of the molecule is CC.CC.CCC.N.N.[CH3-].[CH3-].[CH3-].[CH3-].[Pt+4]. The van der Waals surface area contributed by atoms with Crippen LogP contribution in [0.1, 0.15) is 48.0 Å². The van der Waals surface area contributed by atoms with Crippen LogP contribution in [0.3, 0.4) is 0 Å². The Labute approximate surface area is 111 Å². The molecule has 0 aliphatic heterocycles. The van der Waals surface area contributed by atoms with Crippen LogP contribution in [-0.2, 0) is 21.1 Å². The average molecular weight is 394 g/mol. The molecule has 0 aromatic rings. The molecular formula is C11H38N2Pt. The topological polar surface area (TPSA) is 70.0 Å². The van der Waals surface area contributed by atoms with E-state index in [9.17, 15) is 0 Å². The third kappa shape index (κ3) is 4590. The van der Waals surface area contributed by atoms with Crippen molar-refractivity contribution in [2.75, 3.05) is 0 Å².